The number of ether oxygens (including phenoxy) is 1. The number of ketones is 1. The molecule has 4 heterocycles. The Morgan fingerprint density at radius 3 is 2.50 bits per heavy atom. The lowest BCUT2D eigenvalue weighted by molar-refractivity contribution is 0.0985. The quantitative estimate of drug-likeness (QED) is 0.333. The summed E-state index contributed by atoms with van der Waals surface area (Å²) in [6.07, 6.45) is 7.39. The molecule has 0 spiro atoms. The Morgan fingerprint density at radius 2 is 1.89 bits per heavy atom. The molecule has 0 radical (unpaired) electrons. The molecule has 4 aromatic rings. The molecule has 0 aliphatic heterocycles. The van der Waals surface area contributed by atoms with Crippen molar-refractivity contribution in [1.29, 1.82) is 0 Å². The van der Waals surface area contributed by atoms with E-state index in [9.17, 15) is 9.59 Å². The fourth-order valence-corrected chi connectivity index (χ4v) is 3.88. The minimum atomic E-state index is -1.02. The third-order valence-electron chi connectivity index (χ3n) is 5.37. The number of amides is 1. The Labute approximate surface area is 216 Å². The van der Waals surface area contributed by atoms with Gasteiger partial charge in [0, 0.05) is 49.2 Å². The summed E-state index contributed by atoms with van der Waals surface area (Å²) in [4.78, 5) is 35.2. The average molecular weight is 529 g/mol. The summed E-state index contributed by atoms with van der Waals surface area (Å²) in [5.74, 6) is 1.54. The molecule has 0 saturated heterocycles. The molecular weight excluding hydrogens is 507 g/mol. The van der Waals surface area contributed by atoms with Gasteiger partial charge in [0.2, 0.25) is 0 Å². The molecule has 10 nitrogen and oxygen atoms in total. The van der Waals surface area contributed by atoms with Crippen LogP contribution in [0.3, 0.4) is 0 Å². The van der Waals surface area contributed by atoms with Crippen LogP contribution in [0.15, 0.2) is 49.1 Å². The van der Waals surface area contributed by atoms with Gasteiger partial charge in [-0.1, -0.05) is 29.3 Å². The van der Waals surface area contributed by atoms with Crippen molar-refractivity contribution in [1.82, 2.24) is 29.9 Å². The molecule has 4 aromatic heterocycles. The normalized spacial score (nSPS) is 12.5. The number of rotatable bonds is 7. The molecule has 0 unspecified atom stereocenters. The fourth-order valence-electron chi connectivity index (χ4n) is 3.38. The first-order valence-corrected chi connectivity index (χ1v) is 11.7. The van der Waals surface area contributed by atoms with Crippen LogP contribution in [0.2, 0.25) is 10.0 Å². The van der Waals surface area contributed by atoms with Crippen LogP contribution in [0.4, 0.5) is 4.79 Å². The highest BCUT2D eigenvalue weighted by Gasteiger charge is 2.29. The molecule has 0 aromatic carbocycles. The van der Waals surface area contributed by atoms with Crippen LogP contribution in [0.25, 0.3) is 5.65 Å². The number of carbonyl (C=O) groups is 2. The molecule has 1 fully saturated rings. The molecule has 2 N–H and O–H groups in total. The lowest BCUT2D eigenvalue weighted by atomic mass is 10.1. The van der Waals surface area contributed by atoms with Crippen molar-refractivity contribution in [3.8, 4) is 5.75 Å². The van der Waals surface area contributed by atoms with E-state index in [2.05, 4.69) is 25.4 Å². The lowest BCUT2D eigenvalue weighted by Gasteiger charge is -2.08. The first-order valence-electron chi connectivity index (χ1n) is 11.0. The SMILES string of the molecule is COc1ccc(C(=O)Cc2c(Cl)cncc2Cl)n2nc(C3CC3)nc12.O=C(O)NCc1cccnc1. The number of aromatic nitrogens is 5. The van der Waals surface area contributed by atoms with Crippen LogP contribution < -0.4 is 10.1 Å². The van der Waals surface area contributed by atoms with E-state index in [1.165, 1.54) is 12.4 Å². The van der Waals surface area contributed by atoms with Gasteiger partial charge >= 0.3 is 6.09 Å². The first kappa shape index (κ1) is 25.3. The second-order valence-corrected chi connectivity index (χ2v) is 8.78. The van der Waals surface area contributed by atoms with Crippen molar-refractivity contribution in [3.05, 3.63) is 81.7 Å². The summed E-state index contributed by atoms with van der Waals surface area (Å²) in [5.41, 5.74) is 2.37. The highest BCUT2D eigenvalue weighted by molar-refractivity contribution is 6.36. The van der Waals surface area contributed by atoms with Gasteiger partial charge in [-0.2, -0.15) is 5.10 Å². The summed E-state index contributed by atoms with van der Waals surface area (Å²) in [6, 6.07) is 6.98. The van der Waals surface area contributed by atoms with Gasteiger partial charge < -0.3 is 15.2 Å². The zero-order chi connectivity index (χ0) is 25.7. The maximum atomic E-state index is 12.9. The van der Waals surface area contributed by atoms with Crippen LogP contribution in [0.5, 0.6) is 5.75 Å². The number of nitrogens with one attached hydrogen (secondary N) is 1. The smallest absolute Gasteiger partial charge is 0.404 e. The summed E-state index contributed by atoms with van der Waals surface area (Å²) in [5, 5.41) is 15.7. The molecular formula is C24H22Cl2N6O4. The van der Waals surface area contributed by atoms with E-state index in [0.717, 1.165) is 24.2 Å². The van der Waals surface area contributed by atoms with Gasteiger partial charge in [0.1, 0.15) is 5.69 Å². The van der Waals surface area contributed by atoms with Crippen LogP contribution >= 0.6 is 23.2 Å². The van der Waals surface area contributed by atoms with Gasteiger partial charge in [-0.05, 0) is 36.6 Å². The summed E-state index contributed by atoms with van der Waals surface area (Å²) >= 11 is 12.3. The standard InChI is InChI=1S/C17H14Cl2N4O2.C7H8N2O2/c1-25-15-5-4-13(23-17(15)21-16(22-23)9-2-3-9)14(24)6-10-11(18)7-20-8-12(10)19;10-7(11)9-5-6-2-1-3-8-4-6/h4-5,7-9H,2-3,6H2,1H3;1-4,9H,5H2,(H,10,11). The topological polar surface area (TPSA) is 132 Å². The van der Waals surface area contributed by atoms with E-state index in [-0.39, 0.29) is 12.2 Å². The van der Waals surface area contributed by atoms with Gasteiger partial charge in [0.05, 0.1) is 17.2 Å². The van der Waals surface area contributed by atoms with Crippen molar-refractivity contribution in [2.24, 2.45) is 0 Å². The minimum Gasteiger partial charge on any atom is -0.493 e. The van der Waals surface area contributed by atoms with Crippen molar-refractivity contribution in [3.63, 3.8) is 0 Å². The highest BCUT2D eigenvalue weighted by Crippen LogP contribution is 2.39. The molecule has 1 saturated carbocycles. The largest absolute Gasteiger partial charge is 0.493 e. The van der Waals surface area contributed by atoms with Crippen molar-refractivity contribution >= 4 is 40.7 Å². The Hall–Kier alpha value is -3.76. The summed E-state index contributed by atoms with van der Waals surface area (Å²) in [7, 11) is 1.57. The molecule has 1 amide bonds. The molecule has 36 heavy (non-hydrogen) atoms. The van der Waals surface area contributed by atoms with E-state index >= 15 is 0 Å². The second kappa shape index (κ2) is 11.3. The summed E-state index contributed by atoms with van der Waals surface area (Å²) in [6.45, 7) is 0.309. The average Bonchev–Trinajstić information content (AvgIpc) is 3.63. The molecule has 12 heteroatoms. The van der Waals surface area contributed by atoms with Crippen molar-refractivity contribution in [2.45, 2.75) is 31.7 Å². The van der Waals surface area contributed by atoms with Gasteiger partial charge in [-0.3, -0.25) is 14.8 Å². The zero-order valence-corrected chi connectivity index (χ0v) is 20.7. The Balaban J connectivity index is 0.000000233. The molecule has 1 aliphatic rings. The number of fused-ring (bicyclic) bond motifs is 1. The van der Waals surface area contributed by atoms with Crippen LogP contribution in [-0.4, -0.2) is 48.7 Å². The number of carboxylic acid groups (broad SMARTS) is 1. The second-order valence-electron chi connectivity index (χ2n) is 7.97. The van der Waals surface area contributed by atoms with Crippen LogP contribution in [0, 0.1) is 0 Å². The first-order chi connectivity index (χ1) is 17.4. The van der Waals surface area contributed by atoms with Crippen LogP contribution in [-0.2, 0) is 13.0 Å². The van der Waals surface area contributed by atoms with Crippen molar-refractivity contribution in [2.75, 3.05) is 7.11 Å². The number of nitrogens with zero attached hydrogens (tertiary/aromatic N) is 5. The molecule has 5 rings (SSSR count). The number of Topliss-reactive ketones (excluding diaryl/α,β-unsaturated/α-hetero) is 1. The third kappa shape index (κ3) is 6.07. The Bertz CT molecular complexity index is 1370. The van der Waals surface area contributed by atoms with Gasteiger partial charge in [0.25, 0.3) is 0 Å². The van der Waals surface area contributed by atoms with Crippen LogP contribution in [0.1, 0.15) is 46.2 Å². The minimum absolute atomic E-state index is 0.0558. The number of halogens is 2. The fraction of sp³-hybridized carbons (Fsp3) is 0.250. The van der Waals surface area contributed by atoms with Gasteiger partial charge in [-0.25, -0.2) is 14.3 Å². The maximum Gasteiger partial charge on any atom is 0.404 e. The maximum absolute atomic E-state index is 12.9. The lowest BCUT2D eigenvalue weighted by Crippen LogP contribution is -2.19. The molecule has 186 valence electrons. The van der Waals surface area contributed by atoms with E-state index in [1.807, 2.05) is 6.07 Å². The van der Waals surface area contributed by atoms with E-state index < -0.39 is 6.09 Å². The molecule has 0 bridgehead atoms. The van der Waals surface area contributed by atoms with Gasteiger partial charge in [0.15, 0.2) is 23.0 Å². The van der Waals surface area contributed by atoms with E-state index in [0.29, 0.717) is 45.2 Å². The Kier molecular flexibility index (Phi) is 7.97. The molecule has 1 aliphatic carbocycles. The highest BCUT2D eigenvalue weighted by atomic mass is 35.5. The monoisotopic (exact) mass is 528 g/mol. The summed E-state index contributed by atoms with van der Waals surface area (Å²) < 4.78 is 6.90. The third-order valence-corrected chi connectivity index (χ3v) is 6.02. The number of pyridine rings is 3. The Morgan fingerprint density at radius 1 is 1.14 bits per heavy atom. The number of hydrogen-bond acceptors (Lipinski definition) is 7. The zero-order valence-electron chi connectivity index (χ0n) is 19.2. The predicted octanol–water partition coefficient (Wildman–Crippen LogP) is 4.59. The van der Waals surface area contributed by atoms with E-state index in [1.54, 1.807) is 42.2 Å². The molecule has 0 atom stereocenters. The predicted molar refractivity (Wildman–Crippen MR) is 133 cm³/mol. The number of methoxy groups -OCH3 is 1. The van der Waals surface area contributed by atoms with Gasteiger partial charge in [-0.15, -0.1) is 0 Å². The van der Waals surface area contributed by atoms with Crippen molar-refractivity contribution < 1.29 is 19.4 Å². The number of carbonyl (C=O) groups excluding carboxylic acids is 1. The number of hydrogen-bond donors (Lipinski definition) is 2. The van der Waals surface area contributed by atoms with E-state index in [4.69, 9.17) is 33.0 Å².